The van der Waals surface area contributed by atoms with Crippen molar-refractivity contribution in [2.45, 2.75) is 39.2 Å². The molecule has 0 saturated carbocycles. The topological polar surface area (TPSA) is 66.4 Å². The minimum atomic E-state index is -0.951. The summed E-state index contributed by atoms with van der Waals surface area (Å²) in [6, 6.07) is 6.94. The zero-order chi connectivity index (χ0) is 13.5. The number of aromatic carboxylic acids is 1. The standard InChI is InChI=1S/C14H19NO3/c1-3-10(2)15-13(16)9-8-11-6-4-5-7-12(11)14(17)18/h4-7,10H,3,8-9H2,1-2H3,(H,15,16)(H,17,18). The average Bonchev–Trinajstić information content (AvgIpc) is 2.36. The lowest BCUT2D eigenvalue weighted by Gasteiger charge is -2.11. The van der Waals surface area contributed by atoms with Crippen LogP contribution < -0.4 is 5.32 Å². The fraction of sp³-hybridized carbons (Fsp3) is 0.429. The van der Waals surface area contributed by atoms with Gasteiger partial charge in [-0.3, -0.25) is 4.79 Å². The monoisotopic (exact) mass is 249 g/mol. The second-order valence-corrected chi connectivity index (χ2v) is 4.34. The Morgan fingerprint density at radius 1 is 1.33 bits per heavy atom. The molecule has 1 amide bonds. The van der Waals surface area contributed by atoms with Crippen LogP contribution in [-0.4, -0.2) is 23.0 Å². The Hall–Kier alpha value is -1.84. The molecule has 0 fully saturated rings. The molecule has 0 spiro atoms. The Kier molecular flexibility index (Phi) is 5.36. The first-order chi connectivity index (χ1) is 8.54. The SMILES string of the molecule is CCC(C)NC(=O)CCc1ccccc1C(=O)O. The third-order valence-corrected chi connectivity index (χ3v) is 2.89. The second-order valence-electron chi connectivity index (χ2n) is 4.34. The minimum absolute atomic E-state index is 0.0375. The van der Waals surface area contributed by atoms with E-state index in [1.807, 2.05) is 13.8 Å². The Morgan fingerprint density at radius 2 is 2.00 bits per heavy atom. The second kappa shape index (κ2) is 6.79. The van der Waals surface area contributed by atoms with E-state index in [1.54, 1.807) is 24.3 Å². The fourth-order valence-electron chi connectivity index (χ4n) is 1.64. The molecule has 0 bridgehead atoms. The molecule has 0 radical (unpaired) electrons. The molecule has 2 N–H and O–H groups in total. The van der Waals surface area contributed by atoms with Crippen molar-refractivity contribution in [3.8, 4) is 0 Å². The number of carbonyl (C=O) groups excluding carboxylic acids is 1. The molecular weight excluding hydrogens is 230 g/mol. The largest absolute Gasteiger partial charge is 0.478 e. The number of hydrogen-bond donors (Lipinski definition) is 2. The molecule has 1 unspecified atom stereocenters. The molecule has 0 aliphatic heterocycles. The molecule has 1 aromatic rings. The lowest BCUT2D eigenvalue weighted by atomic mass is 10.0. The third kappa shape index (κ3) is 4.20. The summed E-state index contributed by atoms with van der Waals surface area (Å²) in [5.74, 6) is -0.988. The number of amides is 1. The van der Waals surface area contributed by atoms with E-state index in [0.717, 1.165) is 6.42 Å². The van der Waals surface area contributed by atoms with E-state index >= 15 is 0 Å². The summed E-state index contributed by atoms with van der Waals surface area (Å²) >= 11 is 0. The van der Waals surface area contributed by atoms with Gasteiger partial charge in [0.25, 0.3) is 0 Å². The van der Waals surface area contributed by atoms with Crippen LogP contribution in [0, 0.1) is 0 Å². The summed E-state index contributed by atoms with van der Waals surface area (Å²) in [5, 5.41) is 11.9. The van der Waals surface area contributed by atoms with Crippen molar-refractivity contribution >= 4 is 11.9 Å². The Labute approximate surface area is 107 Å². The summed E-state index contributed by atoms with van der Waals surface area (Å²) in [6.45, 7) is 3.95. The van der Waals surface area contributed by atoms with E-state index < -0.39 is 5.97 Å². The van der Waals surface area contributed by atoms with Gasteiger partial charge in [0.2, 0.25) is 5.91 Å². The van der Waals surface area contributed by atoms with Crippen LogP contribution in [0.3, 0.4) is 0 Å². The van der Waals surface area contributed by atoms with Crippen molar-refractivity contribution in [2.75, 3.05) is 0 Å². The molecule has 4 nitrogen and oxygen atoms in total. The molecule has 0 aliphatic carbocycles. The molecule has 0 saturated heterocycles. The number of carboxylic acids is 1. The maximum Gasteiger partial charge on any atom is 0.335 e. The van der Waals surface area contributed by atoms with Gasteiger partial charge in [-0.15, -0.1) is 0 Å². The van der Waals surface area contributed by atoms with Crippen LogP contribution in [-0.2, 0) is 11.2 Å². The highest BCUT2D eigenvalue weighted by Crippen LogP contribution is 2.11. The van der Waals surface area contributed by atoms with Crippen LogP contribution in [0.25, 0.3) is 0 Å². The molecule has 1 aromatic carbocycles. The minimum Gasteiger partial charge on any atom is -0.478 e. The van der Waals surface area contributed by atoms with Crippen LogP contribution in [0.15, 0.2) is 24.3 Å². The lowest BCUT2D eigenvalue weighted by molar-refractivity contribution is -0.121. The van der Waals surface area contributed by atoms with Crippen molar-refractivity contribution in [1.29, 1.82) is 0 Å². The smallest absolute Gasteiger partial charge is 0.335 e. The predicted molar refractivity (Wildman–Crippen MR) is 69.6 cm³/mol. The van der Waals surface area contributed by atoms with Crippen molar-refractivity contribution in [3.05, 3.63) is 35.4 Å². The first-order valence-corrected chi connectivity index (χ1v) is 6.15. The average molecular weight is 249 g/mol. The van der Waals surface area contributed by atoms with E-state index in [4.69, 9.17) is 5.11 Å². The van der Waals surface area contributed by atoms with Gasteiger partial charge in [0.15, 0.2) is 0 Å². The molecule has 4 heteroatoms. The number of nitrogens with one attached hydrogen (secondary N) is 1. The summed E-state index contributed by atoms with van der Waals surface area (Å²) in [5.41, 5.74) is 0.971. The van der Waals surface area contributed by atoms with Gasteiger partial charge in [0.1, 0.15) is 0 Å². The van der Waals surface area contributed by atoms with Gasteiger partial charge in [0.05, 0.1) is 5.56 Å². The Morgan fingerprint density at radius 3 is 2.61 bits per heavy atom. The van der Waals surface area contributed by atoms with Gasteiger partial charge < -0.3 is 10.4 Å². The molecule has 1 atom stereocenters. The zero-order valence-corrected chi connectivity index (χ0v) is 10.8. The number of carbonyl (C=O) groups is 2. The quantitative estimate of drug-likeness (QED) is 0.812. The zero-order valence-electron chi connectivity index (χ0n) is 10.8. The van der Waals surface area contributed by atoms with E-state index in [1.165, 1.54) is 0 Å². The van der Waals surface area contributed by atoms with Gasteiger partial charge in [0, 0.05) is 12.5 Å². The van der Waals surface area contributed by atoms with Crippen LogP contribution >= 0.6 is 0 Å². The summed E-state index contributed by atoms with van der Waals surface area (Å²) in [4.78, 5) is 22.6. The van der Waals surface area contributed by atoms with E-state index in [-0.39, 0.29) is 17.5 Å². The normalized spacial score (nSPS) is 11.9. The van der Waals surface area contributed by atoms with E-state index in [0.29, 0.717) is 18.4 Å². The number of benzene rings is 1. The highest BCUT2D eigenvalue weighted by atomic mass is 16.4. The number of hydrogen-bond acceptors (Lipinski definition) is 2. The van der Waals surface area contributed by atoms with Crippen LogP contribution in [0.5, 0.6) is 0 Å². The summed E-state index contributed by atoms with van der Waals surface area (Å²) in [7, 11) is 0. The van der Waals surface area contributed by atoms with E-state index in [9.17, 15) is 9.59 Å². The van der Waals surface area contributed by atoms with Crippen LogP contribution in [0.4, 0.5) is 0 Å². The van der Waals surface area contributed by atoms with Crippen molar-refractivity contribution in [2.24, 2.45) is 0 Å². The molecule has 98 valence electrons. The van der Waals surface area contributed by atoms with Crippen LogP contribution in [0.2, 0.25) is 0 Å². The summed E-state index contributed by atoms with van der Waals surface area (Å²) < 4.78 is 0. The van der Waals surface area contributed by atoms with Gasteiger partial charge in [-0.25, -0.2) is 4.79 Å². The number of aryl methyl sites for hydroxylation is 1. The van der Waals surface area contributed by atoms with Gasteiger partial charge in [-0.2, -0.15) is 0 Å². The van der Waals surface area contributed by atoms with Crippen molar-refractivity contribution < 1.29 is 14.7 Å². The van der Waals surface area contributed by atoms with Gasteiger partial charge in [-0.05, 0) is 31.4 Å². The maximum atomic E-state index is 11.6. The first kappa shape index (κ1) is 14.2. The predicted octanol–water partition coefficient (Wildman–Crippen LogP) is 2.23. The Bertz CT molecular complexity index is 429. The van der Waals surface area contributed by atoms with Crippen molar-refractivity contribution in [3.63, 3.8) is 0 Å². The highest BCUT2D eigenvalue weighted by molar-refractivity contribution is 5.89. The molecule has 18 heavy (non-hydrogen) atoms. The number of rotatable bonds is 6. The fourth-order valence-corrected chi connectivity index (χ4v) is 1.64. The Balaban J connectivity index is 2.58. The first-order valence-electron chi connectivity index (χ1n) is 6.15. The van der Waals surface area contributed by atoms with Gasteiger partial charge in [-0.1, -0.05) is 25.1 Å². The highest BCUT2D eigenvalue weighted by Gasteiger charge is 2.11. The third-order valence-electron chi connectivity index (χ3n) is 2.89. The number of carboxylic acid groups (broad SMARTS) is 1. The molecular formula is C14H19NO3. The summed E-state index contributed by atoms with van der Waals surface area (Å²) in [6.07, 6.45) is 1.65. The molecule has 1 rings (SSSR count). The molecule has 0 aromatic heterocycles. The maximum absolute atomic E-state index is 11.6. The molecule has 0 heterocycles. The van der Waals surface area contributed by atoms with E-state index in [2.05, 4.69) is 5.32 Å². The van der Waals surface area contributed by atoms with Crippen molar-refractivity contribution in [1.82, 2.24) is 5.32 Å². The lowest BCUT2D eigenvalue weighted by Crippen LogP contribution is -2.32. The van der Waals surface area contributed by atoms with Gasteiger partial charge >= 0.3 is 5.97 Å². The molecule has 0 aliphatic rings. The van der Waals surface area contributed by atoms with Crippen LogP contribution in [0.1, 0.15) is 42.6 Å².